The van der Waals surface area contributed by atoms with Gasteiger partial charge < -0.3 is 19.1 Å². The normalized spacial score (nSPS) is 21.4. The number of benzene rings is 1. The molecule has 0 amide bonds. The van der Waals surface area contributed by atoms with Crippen molar-refractivity contribution in [2.45, 2.75) is 38.9 Å². The third kappa shape index (κ3) is 5.61. The standard InChI is InChI=1S/C20H30N2O4/c1-2-24-19(23)10-11-21-12-14-22(15-13-21)17-6-8-18(9-7-17)26-20-5-3-4-16-25-20/h6-9,20H,2-5,10-16H2,1H3. The Kier molecular flexibility index (Phi) is 7.14. The molecule has 6 heteroatoms. The van der Waals surface area contributed by atoms with Crippen molar-refractivity contribution in [2.24, 2.45) is 0 Å². The second kappa shape index (κ2) is 9.78. The van der Waals surface area contributed by atoms with E-state index < -0.39 is 0 Å². The number of ether oxygens (including phenoxy) is 3. The van der Waals surface area contributed by atoms with Crippen molar-refractivity contribution in [3.8, 4) is 5.75 Å². The molecule has 0 spiro atoms. The molecule has 0 saturated carbocycles. The number of hydrogen-bond donors (Lipinski definition) is 0. The Balaban J connectivity index is 1.42. The number of anilines is 1. The molecule has 1 unspecified atom stereocenters. The molecule has 0 aliphatic carbocycles. The van der Waals surface area contributed by atoms with Crippen LogP contribution in [0.2, 0.25) is 0 Å². The van der Waals surface area contributed by atoms with Gasteiger partial charge in [0.15, 0.2) is 6.29 Å². The minimum atomic E-state index is -0.104. The molecule has 1 aromatic carbocycles. The summed E-state index contributed by atoms with van der Waals surface area (Å²) in [5.41, 5.74) is 1.21. The molecule has 0 radical (unpaired) electrons. The molecule has 26 heavy (non-hydrogen) atoms. The lowest BCUT2D eigenvalue weighted by Crippen LogP contribution is -2.47. The zero-order valence-electron chi connectivity index (χ0n) is 15.7. The van der Waals surface area contributed by atoms with Gasteiger partial charge in [-0.3, -0.25) is 9.69 Å². The number of carbonyl (C=O) groups is 1. The molecule has 2 saturated heterocycles. The Hall–Kier alpha value is -1.79. The van der Waals surface area contributed by atoms with Crippen LogP contribution in [0, 0.1) is 0 Å². The minimum Gasteiger partial charge on any atom is -0.466 e. The molecule has 0 bridgehead atoms. The van der Waals surface area contributed by atoms with Crippen LogP contribution in [0.3, 0.4) is 0 Å². The predicted molar refractivity (Wildman–Crippen MR) is 101 cm³/mol. The molecule has 144 valence electrons. The highest BCUT2D eigenvalue weighted by Crippen LogP contribution is 2.23. The molecule has 0 N–H and O–H groups in total. The molecule has 3 rings (SSSR count). The topological polar surface area (TPSA) is 51.2 Å². The molecule has 2 fully saturated rings. The zero-order valence-corrected chi connectivity index (χ0v) is 15.7. The average Bonchev–Trinajstić information content (AvgIpc) is 2.69. The van der Waals surface area contributed by atoms with Gasteiger partial charge in [-0.1, -0.05) is 0 Å². The fourth-order valence-electron chi connectivity index (χ4n) is 3.40. The van der Waals surface area contributed by atoms with Crippen molar-refractivity contribution >= 4 is 11.7 Å². The Bertz CT molecular complexity index is 549. The highest BCUT2D eigenvalue weighted by Gasteiger charge is 2.19. The van der Waals surface area contributed by atoms with Crippen LogP contribution in [0.1, 0.15) is 32.6 Å². The summed E-state index contributed by atoms with van der Waals surface area (Å²) in [5.74, 6) is 0.765. The van der Waals surface area contributed by atoms with Gasteiger partial charge in [0.1, 0.15) is 5.75 Å². The minimum absolute atomic E-state index is 0.0995. The maximum Gasteiger partial charge on any atom is 0.307 e. The summed E-state index contributed by atoms with van der Waals surface area (Å²) in [6.07, 6.45) is 3.64. The Morgan fingerprint density at radius 1 is 1.15 bits per heavy atom. The van der Waals surface area contributed by atoms with E-state index in [-0.39, 0.29) is 12.3 Å². The molecule has 1 aromatic rings. The second-order valence-corrected chi connectivity index (χ2v) is 6.79. The van der Waals surface area contributed by atoms with Crippen molar-refractivity contribution in [3.05, 3.63) is 24.3 Å². The molecule has 1 atom stereocenters. The molecule has 6 nitrogen and oxygen atoms in total. The van der Waals surface area contributed by atoms with Gasteiger partial charge in [-0.25, -0.2) is 0 Å². The molecule has 2 heterocycles. The van der Waals surface area contributed by atoms with E-state index in [9.17, 15) is 4.79 Å². The first-order valence-corrected chi connectivity index (χ1v) is 9.76. The number of nitrogens with zero attached hydrogens (tertiary/aromatic N) is 2. The lowest BCUT2D eigenvalue weighted by atomic mass is 10.2. The summed E-state index contributed by atoms with van der Waals surface area (Å²) in [6.45, 7) is 7.74. The smallest absolute Gasteiger partial charge is 0.307 e. The first kappa shape index (κ1) is 19.0. The van der Waals surface area contributed by atoms with Gasteiger partial charge in [-0.15, -0.1) is 0 Å². The van der Waals surface area contributed by atoms with Gasteiger partial charge in [0.05, 0.1) is 19.6 Å². The van der Waals surface area contributed by atoms with Gasteiger partial charge in [0.25, 0.3) is 0 Å². The third-order valence-electron chi connectivity index (χ3n) is 4.92. The first-order chi connectivity index (χ1) is 12.7. The van der Waals surface area contributed by atoms with Gasteiger partial charge in [-0.2, -0.15) is 0 Å². The van der Waals surface area contributed by atoms with E-state index in [0.717, 1.165) is 57.9 Å². The van der Waals surface area contributed by atoms with Crippen LogP contribution < -0.4 is 9.64 Å². The highest BCUT2D eigenvalue weighted by atomic mass is 16.7. The monoisotopic (exact) mass is 362 g/mol. The van der Waals surface area contributed by atoms with E-state index in [0.29, 0.717) is 13.0 Å². The summed E-state index contributed by atoms with van der Waals surface area (Å²) >= 11 is 0. The van der Waals surface area contributed by atoms with Crippen LogP contribution in [0.25, 0.3) is 0 Å². The van der Waals surface area contributed by atoms with E-state index in [1.807, 2.05) is 19.1 Å². The van der Waals surface area contributed by atoms with Gasteiger partial charge in [-0.05, 0) is 44.0 Å². The van der Waals surface area contributed by atoms with E-state index in [1.165, 1.54) is 12.1 Å². The molecular formula is C20H30N2O4. The van der Waals surface area contributed by atoms with Crippen molar-refractivity contribution in [2.75, 3.05) is 50.8 Å². The maximum absolute atomic E-state index is 11.5. The van der Waals surface area contributed by atoms with Crippen molar-refractivity contribution in [1.82, 2.24) is 4.90 Å². The van der Waals surface area contributed by atoms with Crippen LogP contribution >= 0.6 is 0 Å². The molecule has 2 aliphatic rings. The van der Waals surface area contributed by atoms with E-state index in [1.54, 1.807) is 0 Å². The Morgan fingerprint density at radius 2 is 1.92 bits per heavy atom. The molecule has 0 aromatic heterocycles. The largest absolute Gasteiger partial charge is 0.466 e. The van der Waals surface area contributed by atoms with Crippen molar-refractivity contribution < 1.29 is 19.0 Å². The number of piperazine rings is 1. The third-order valence-corrected chi connectivity index (χ3v) is 4.92. The first-order valence-electron chi connectivity index (χ1n) is 9.76. The second-order valence-electron chi connectivity index (χ2n) is 6.79. The lowest BCUT2D eigenvalue weighted by Gasteiger charge is -2.36. The fourth-order valence-corrected chi connectivity index (χ4v) is 3.40. The van der Waals surface area contributed by atoms with Crippen LogP contribution in [0.4, 0.5) is 5.69 Å². The summed E-state index contributed by atoms with van der Waals surface area (Å²) in [5, 5.41) is 0. The summed E-state index contributed by atoms with van der Waals surface area (Å²) in [4.78, 5) is 16.2. The highest BCUT2D eigenvalue weighted by molar-refractivity contribution is 5.69. The maximum atomic E-state index is 11.5. The van der Waals surface area contributed by atoms with Gasteiger partial charge in [0.2, 0.25) is 0 Å². The van der Waals surface area contributed by atoms with Crippen LogP contribution in [0.15, 0.2) is 24.3 Å². The number of carbonyl (C=O) groups excluding carboxylic acids is 1. The van der Waals surface area contributed by atoms with E-state index in [4.69, 9.17) is 14.2 Å². The Morgan fingerprint density at radius 3 is 2.58 bits per heavy atom. The predicted octanol–water partition coefficient (Wildman–Crippen LogP) is 2.67. The number of hydrogen-bond acceptors (Lipinski definition) is 6. The lowest BCUT2D eigenvalue weighted by molar-refractivity contribution is -0.143. The SMILES string of the molecule is CCOC(=O)CCN1CCN(c2ccc(OC3CCCCO3)cc2)CC1. The summed E-state index contributed by atoms with van der Waals surface area (Å²) in [6, 6.07) is 8.29. The van der Waals surface area contributed by atoms with Crippen LogP contribution in [0.5, 0.6) is 5.75 Å². The average molecular weight is 362 g/mol. The van der Waals surface area contributed by atoms with Crippen molar-refractivity contribution in [3.63, 3.8) is 0 Å². The fraction of sp³-hybridized carbons (Fsp3) is 0.650. The van der Waals surface area contributed by atoms with Gasteiger partial charge >= 0.3 is 5.97 Å². The van der Waals surface area contributed by atoms with E-state index in [2.05, 4.69) is 21.9 Å². The zero-order chi connectivity index (χ0) is 18.2. The van der Waals surface area contributed by atoms with Gasteiger partial charge in [0, 0.05) is 44.8 Å². The van der Waals surface area contributed by atoms with Crippen LogP contribution in [-0.4, -0.2) is 63.1 Å². The number of rotatable bonds is 7. The van der Waals surface area contributed by atoms with Crippen LogP contribution in [-0.2, 0) is 14.3 Å². The van der Waals surface area contributed by atoms with Crippen molar-refractivity contribution in [1.29, 1.82) is 0 Å². The molecular weight excluding hydrogens is 332 g/mol. The summed E-state index contributed by atoms with van der Waals surface area (Å²) < 4.78 is 16.5. The van der Waals surface area contributed by atoms with E-state index >= 15 is 0 Å². The summed E-state index contributed by atoms with van der Waals surface area (Å²) in [7, 11) is 0. The Labute approximate surface area is 156 Å². The quantitative estimate of drug-likeness (QED) is 0.695. The number of esters is 1. The molecule has 2 aliphatic heterocycles.